The summed E-state index contributed by atoms with van der Waals surface area (Å²) in [6.07, 6.45) is 27.5. The minimum Gasteiger partial charge on any atom is -0.458 e. The molecule has 18 saturated carbocycles. The molecule has 3 aliphatic heterocycles. The number of rotatable bonds is 21. The van der Waals surface area contributed by atoms with Crippen molar-refractivity contribution in [1.82, 2.24) is 0 Å². The van der Waals surface area contributed by atoms with E-state index < -0.39 is 95.4 Å². The molecule has 21 rings (SSSR count). The lowest BCUT2D eigenvalue weighted by molar-refractivity contribution is -0.231. The summed E-state index contributed by atoms with van der Waals surface area (Å²) in [4.78, 5) is 116. The van der Waals surface area contributed by atoms with Crippen LogP contribution in [0.5, 0.6) is 0 Å². The van der Waals surface area contributed by atoms with Crippen molar-refractivity contribution in [2.24, 2.45) is 123 Å². The lowest BCUT2D eigenvalue weighted by Crippen LogP contribution is -2.62. The van der Waals surface area contributed by atoms with Crippen molar-refractivity contribution in [2.45, 2.75) is 356 Å². The summed E-state index contributed by atoms with van der Waals surface area (Å²) in [5.74, 6) is 6.15. The average Bonchev–Trinajstić information content (AvgIpc) is 1.49. The van der Waals surface area contributed by atoms with Gasteiger partial charge in [0, 0.05) is 74.0 Å². The molecule has 128 heavy (non-hydrogen) atoms. The van der Waals surface area contributed by atoms with Crippen LogP contribution in [0, 0.1) is 134 Å². The summed E-state index contributed by atoms with van der Waals surface area (Å²) in [6.45, 7) is 45.7. The van der Waals surface area contributed by atoms with Crippen LogP contribution in [0.25, 0.3) is 0 Å². The minimum absolute atomic E-state index is 0. The number of hydrogen-bond donors (Lipinski definition) is 0. The number of halogens is 3. The predicted octanol–water partition coefficient (Wildman–Crippen LogP) is 21.0. The summed E-state index contributed by atoms with van der Waals surface area (Å²) in [6, 6.07) is 2.11. The van der Waals surface area contributed by atoms with Crippen LogP contribution in [0.15, 0.2) is 85.1 Å². The van der Waals surface area contributed by atoms with E-state index in [-0.39, 0.29) is 110 Å². The van der Waals surface area contributed by atoms with Gasteiger partial charge in [-0.05, 0) is 318 Å². The Kier molecular flexibility index (Phi) is 30.6. The molecular formula is C103H146F3NO21. The monoisotopic (exact) mass is 1790 g/mol. The molecule has 21 fully saturated rings. The van der Waals surface area contributed by atoms with Gasteiger partial charge in [-0.1, -0.05) is 101 Å². The Morgan fingerprint density at radius 2 is 0.922 bits per heavy atom. The Hall–Kier alpha value is -8.04. The second-order valence-electron chi connectivity index (χ2n) is 42.1. The number of carbonyl (C=O) groups is 10. The SMILES string of the molecule is C.C.C=C(C)C(=O)OC(CC)(CC)C12CC3CC(CC(C3)C1)C2.C=C(C)C(=O)OC1(C2CCCC2)C2CC3CC(C2)CC1C3.C=C(C)C(=O)OC1(CC)CC2CC1C1C3CCC(C3)C21.C=C(C)C(=O)OC1(CC)CCCC1.C=C(C)C(=O)OC1C2CC3C1OC(=O)C3(C#N)C2.C=C(C)C(=O)OC1C2CC3C1OC(=O)C3(C(F)(F)F)C2.C=C(C)C(=O)OCC1COC(=O)O1. The molecule has 3 heterocycles. The van der Waals surface area contributed by atoms with Gasteiger partial charge in [0.2, 0.25) is 0 Å². The minimum atomic E-state index is -4.62. The molecule has 3 saturated heterocycles. The molecule has 0 spiro atoms. The molecule has 18 unspecified atom stereocenters. The molecular weight excluding hydrogens is 1640 g/mol. The highest BCUT2D eigenvalue weighted by atomic mass is 19.4. The van der Waals surface area contributed by atoms with Gasteiger partial charge in [-0.2, -0.15) is 18.4 Å². The van der Waals surface area contributed by atoms with E-state index >= 15 is 0 Å². The Balaban J connectivity index is 0.000000145. The van der Waals surface area contributed by atoms with E-state index in [4.69, 9.17) is 42.6 Å². The van der Waals surface area contributed by atoms with Gasteiger partial charge in [0.05, 0.1) is 6.07 Å². The lowest BCUT2D eigenvalue weighted by Gasteiger charge is -2.63. The summed E-state index contributed by atoms with van der Waals surface area (Å²) >= 11 is 0. The highest BCUT2D eigenvalue weighted by molar-refractivity contribution is 5.91. The smallest absolute Gasteiger partial charge is 0.458 e. The maximum absolute atomic E-state index is 13.2. The molecule has 0 radical (unpaired) electrons. The number of carbonyl (C=O) groups excluding carboxylic acids is 10. The van der Waals surface area contributed by atoms with Gasteiger partial charge in [-0.25, -0.2) is 38.4 Å². The second kappa shape index (κ2) is 39.0. The van der Waals surface area contributed by atoms with E-state index in [1.807, 2.05) is 0 Å². The quantitative estimate of drug-likeness (QED) is 0.0446. The fraction of sp³-hybridized carbons (Fsp3) is 0.757. The molecule has 0 N–H and O–H groups in total. The van der Waals surface area contributed by atoms with E-state index in [9.17, 15) is 66.4 Å². The van der Waals surface area contributed by atoms with E-state index in [2.05, 4.69) is 89.3 Å². The first-order chi connectivity index (χ1) is 59.4. The molecule has 16 bridgehead atoms. The van der Waals surface area contributed by atoms with Crippen LogP contribution in [0.2, 0.25) is 0 Å². The number of cyclic esters (lactones) is 2. The summed E-state index contributed by atoms with van der Waals surface area (Å²) in [7, 11) is 0. The molecule has 18 atom stereocenters. The number of hydrogen-bond acceptors (Lipinski definition) is 22. The zero-order chi connectivity index (χ0) is 91.6. The Bertz CT molecular complexity index is 4290. The first-order valence-corrected chi connectivity index (χ1v) is 47.3. The molecule has 0 aromatic rings. The van der Waals surface area contributed by atoms with Crippen LogP contribution in [0.3, 0.4) is 0 Å². The Labute approximate surface area is 757 Å². The van der Waals surface area contributed by atoms with Gasteiger partial charge in [0.1, 0.15) is 60.0 Å². The summed E-state index contributed by atoms with van der Waals surface area (Å²) in [5, 5.41) is 9.22. The molecule has 18 aliphatic carbocycles. The molecule has 710 valence electrons. The molecule has 21 aliphatic rings. The molecule has 0 amide bonds. The summed E-state index contributed by atoms with van der Waals surface area (Å²) in [5.41, 5.74) is -0.900. The van der Waals surface area contributed by atoms with E-state index in [1.165, 1.54) is 142 Å². The third-order valence-electron chi connectivity index (χ3n) is 34.2. The second-order valence-corrected chi connectivity index (χ2v) is 42.1. The Morgan fingerprint density at radius 1 is 0.461 bits per heavy atom. The maximum Gasteiger partial charge on any atom is 0.508 e. The highest BCUT2D eigenvalue weighted by Gasteiger charge is 2.81. The number of nitrogens with zero attached hydrogens (tertiary/aromatic N) is 1. The van der Waals surface area contributed by atoms with Gasteiger partial charge in [0.25, 0.3) is 0 Å². The number of alkyl halides is 3. The van der Waals surface area contributed by atoms with E-state index in [0.717, 1.165) is 111 Å². The van der Waals surface area contributed by atoms with E-state index in [1.54, 1.807) is 41.5 Å². The van der Waals surface area contributed by atoms with Gasteiger partial charge in [0.15, 0.2) is 16.9 Å². The number of fused-ring (bicyclic) bond motifs is 11. The summed E-state index contributed by atoms with van der Waals surface area (Å²) < 4.78 is 98.2. The number of nitriles is 1. The van der Waals surface area contributed by atoms with Crippen molar-refractivity contribution < 1.29 is 113 Å². The zero-order valence-electron chi connectivity index (χ0n) is 76.4. The normalized spacial score (nSPS) is 38.3. The van der Waals surface area contributed by atoms with Crippen LogP contribution in [-0.4, -0.2) is 132 Å². The molecule has 25 heteroatoms. The fourth-order valence-electron chi connectivity index (χ4n) is 29.1. The van der Waals surface area contributed by atoms with Crippen molar-refractivity contribution in [2.75, 3.05) is 13.2 Å². The maximum atomic E-state index is 13.2. The standard InChI is InChI=1S/C19H28O2.C19H30O2.C18H26O2.C13H13F3O4.C13H13NO4.C11H18O2.C8H10O5.2CH4/c1-12(2)18(20)21-19(15-5-3-4-6-15)16-8-13-7-14(10-16)11-17(19)9-13;1-5-19(6-2,21-17(20)13(3)4)18-10-14-7-15(11-18)9-16(8-14)12-18;1-4-18(20-17(19)10(2)3)9-13-8-14(18)16-12-6-5-11(7-12)15(13)16;1-5(2)10(17)19-8-6-3-7-9(8)20-11(18)12(7,4-6)13(14,15)16;1-6(2)11(15)17-9-7-3-8-10(9)18-12(16)13(8,4-7)5-14;1-4-11(7-5-6-8-11)13-10(12)9(2)3;1-5(2)7(9)11-3-6-4-12-8(10)13-6;;/h13-17H,1,3-11H2,2H3;14-16H,3,5-12H2,1-2,4H3;11-16H,2,4-9H2,1,3H3;6-9H,1,3-4H2,2H3;7-10H,1,3-4H2,2H3;2,4-8H2,1,3H3;6H,1,3-4H2,2H3;2*1H4. The van der Waals surface area contributed by atoms with Crippen molar-refractivity contribution in [3.63, 3.8) is 0 Å². The van der Waals surface area contributed by atoms with Gasteiger partial charge >= 0.3 is 66.1 Å². The van der Waals surface area contributed by atoms with Gasteiger partial charge in [-0.3, -0.25) is 9.59 Å². The van der Waals surface area contributed by atoms with Gasteiger partial charge < -0.3 is 52.1 Å². The Morgan fingerprint density at radius 3 is 1.39 bits per heavy atom. The van der Waals surface area contributed by atoms with Crippen LogP contribution < -0.4 is 0 Å². The lowest BCUT2D eigenvalue weighted by atomic mass is 9.44. The zero-order valence-corrected chi connectivity index (χ0v) is 76.4. The van der Waals surface area contributed by atoms with Crippen molar-refractivity contribution in [3.05, 3.63) is 85.1 Å². The van der Waals surface area contributed by atoms with Crippen LogP contribution in [0.4, 0.5) is 18.0 Å². The van der Waals surface area contributed by atoms with Crippen molar-refractivity contribution in [3.8, 4) is 6.07 Å². The average molecular weight is 1790 g/mol. The largest absolute Gasteiger partial charge is 0.508 e. The molecule has 0 aromatic heterocycles. The third kappa shape index (κ3) is 18.7. The van der Waals surface area contributed by atoms with Crippen LogP contribution in [0.1, 0.15) is 296 Å². The third-order valence-corrected chi connectivity index (χ3v) is 34.2. The van der Waals surface area contributed by atoms with Gasteiger partial charge in [-0.15, -0.1) is 0 Å². The number of ether oxygens (including phenoxy) is 11. The van der Waals surface area contributed by atoms with E-state index in [0.29, 0.717) is 63.5 Å². The van der Waals surface area contributed by atoms with Crippen molar-refractivity contribution in [1.29, 1.82) is 5.26 Å². The van der Waals surface area contributed by atoms with Crippen LogP contribution >= 0.6 is 0 Å². The molecule has 0 aromatic carbocycles. The van der Waals surface area contributed by atoms with Crippen molar-refractivity contribution >= 4 is 59.9 Å². The number of esters is 9. The van der Waals surface area contributed by atoms with Crippen LogP contribution in [-0.2, 0) is 95.3 Å². The predicted molar refractivity (Wildman–Crippen MR) is 471 cm³/mol. The first-order valence-electron chi connectivity index (χ1n) is 47.3. The topological polar surface area (TPSA) is 296 Å². The molecule has 22 nitrogen and oxygen atoms in total. The fourth-order valence-corrected chi connectivity index (χ4v) is 29.1. The highest BCUT2D eigenvalue weighted by Crippen LogP contribution is 2.73. The first kappa shape index (κ1) is 101.